The molecule has 0 radical (unpaired) electrons. The maximum absolute atomic E-state index is 5.67. The summed E-state index contributed by atoms with van der Waals surface area (Å²) < 4.78 is 12.4. The number of thiazole rings is 1. The van der Waals surface area contributed by atoms with Gasteiger partial charge >= 0.3 is 0 Å². The number of nitrogens with zero attached hydrogens (tertiary/aromatic N) is 2. The lowest BCUT2D eigenvalue weighted by Gasteiger charge is -2.12. The molecular formula is C17H31IN4O2S2. The molecular weight excluding hydrogens is 483 g/mol. The summed E-state index contributed by atoms with van der Waals surface area (Å²) in [5, 5.41) is 8.66. The molecule has 1 unspecified atom stereocenters. The number of rotatable bonds is 12. The SMILES string of the molecule is CCNC(=NCCCSc1nccs1)NCCCOCC1CCCO1.I. The van der Waals surface area contributed by atoms with Crippen molar-refractivity contribution in [2.45, 2.75) is 43.1 Å². The average molecular weight is 514 g/mol. The highest BCUT2D eigenvalue weighted by atomic mass is 127. The summed E-state index contributed by atoms with van der Waals surface area (Å²) in [5.74, 6) is 1.94. The fourth-order valence-corrected chi connectivity index (χ4v) is 4.04. The van der Waals surface area contributed by atoms with E-state index in [1.54, 1.807) is 23.1 Å². The molecule has 0 aromatic carbocycles. The molecule has 2 N–H and O–H groups in total. The minimum atomic E-state index is 0. The van der Waals surface area contributed by atoms with Gasteiger partial charge in [-0.25, -0.2) is 4.98 Å². The molecule has 1 aromatic heterocycles. The first-order chi connectivity index (χ1) is 12.4. The quantitative estimate of drug-likeness (QED) is 0.147. The van der Waals surface area contributed by atoms with Crippen molar-refractivity contribution >= 4 is 53.0 Å². The van der Waals surface area contributed by atoms with E-state index in [2.05, 4.69) is 27.5 Å². The largest absolute Gasteiger partial charge is 0.379 e. The molecule has 1 fully saturated rings. The Bertz CT molecular complexity index is 471. The Kier molecular flexibility index (Phi) is 14.6. The number of halogens is 1. The van der Waals surface area contributed by atoms with E-state index in [1.807, 2.05) is 11.6 Å². The lowest BCUT2D eigenvalue weighted by molar-refractivity contribution is 0.0168. The van der Waals surface area contributed by atoms with Crippen LogP contribution >= 0.6 is 47.1 Å². The number of guanidine groups is 1. The summed E-state index contributed by atoms with van der Waals surface area (Å²) in [7, 11) is 0. The highest BCUT2D eigenvalue weighted by Gasteiger charge is 2.14. The minimum absolute atomic E-state index is 0. The lowest BCUT2D eigenvalue weighted by Crippen LogP contribution is -2.38. The maximum atomic E-state index is 5.67. The van der Waals surface area contributed by atoms with Gasteiger partial charge in [-0.3, -0.25) is 4.99 Å². The van der Waals surface area contributed by atoms with Gasteiger partial charge in [0.2, 0.25) is 0 Å². The number of hydrogen-bond acceptors (Lipinski definition) is 6. The number of thioether (sulfide) groups is 1. The standard InChI is InChI=1S/C17H30N4O2S2.HI/c1-2-18-16(20-8-5-12-24-17-21-9-13-25-17)19-7-4-10-22-14-15-6-3-11-23-15;/h9,13,15H,2-8,10-12,14H2,1H3,(H2,18,19,20);1H. The van der Waals surface area contributed by atoms with Crippen LogP contribution in [0.15, 0.2) is 20.9 Å². The van der Waals surface area contributed by atoms with E-state index in [0.29, 0.717) is 6.10 Å². The molecule has 150 valence electrons. The van der Waals surface area contributed by atoms with Crippen molar-refractivity contribution in [1.82, 2.24) is 15.6 Å². The van der Waals surface area contributed by atoms with E-state index in [0.717, 1.165) is 74.8 Å². The summed E-state index contributed by atoms with van der Waals surface area (Å²) in [6.45, 7) is 7.02. The van der Waals surface area contributed by atoms with Crippen LogP contribution in [0.2, 0.25) is 0 Å². The zero-order chi connectivity index (χ0) is 17.6. The summed E-state index contributed by atoms with van der Waals surface area (Å²) >= 11 is 3.49. The second-order valence-corrected chi connectivity index (χ2v) is 7.99. The highest BCUT2D eigenvalue weighted by Crippen LogP contribution is 2.20. The van der Waals surface area contributed by atoms with Crippen molar-refractivity contribution in [3.63, 3.8) is 0 Å². The van der Waals surface area contributed by atoms with Crippen LogP contribution in [0.25, 0.3) is 0 Å². The Morgan fingerprint density at radius 1 is 1.46 bits per heavy atom. The number of ether oxygens (including phenoxy) is 2. The number of aliphatic imine (C=N–C) groups is 1. The molecule has 0 bridgehead atoms. The summed E-state index contributed by atoms with van der Waals surface area (Å²) in [6.07, 6.45) is 6.48. The normalized spacial score (nSPS) is 17.1. The zero-order valence-electron chi connectivity index (χ0n) is 15.4. The molecule has 2 rings (SSSR count). The molecule has 2 heterocycles. The third-order valence-electron chi connectivity index (χ3n) is 3.64. The second-order valence-electron chi connectivity index (χ2n) is 5.75. The summed E-state index contributed by atoms with van der Waals surface area (Å²) in [6, 6.07) is 0. The smallest absolute Gasteiger partial charge is 0.191 e. The fraction of sp³-hybridized carbons (Fsp3) is 0.765. The van der Waals surface area contributed by atoms with E-state index < -0.39 is 0 Å². The topological polar surface area (TPSA) is 67.8 Å². The molecule has 0 spiro atoms. The fourth-order valence-electron chi connectivity index (χ4n) is 2.41. The highest BCUT2D eigenvalue weighted by molar-refractivity contribution is 14.0. The Morgan fingerprint density at radius 3 is 3.12 bits per heavy atom. The molecule has 0 aliphatic carbocycles. The van der Waals surface area contributed by atoms with Crippen molar-refractivity contribution in [1.29, 1.82) is 0 Å². The summed E-state index contributed by atoms with van der Waals surface area (Å²) in [4.78, 5) is 8.89. The number of hydrogen-bond donors (Lipinski definition) is 2. The van der Waals surface area contributed by atoms with Gasteiger partial charge in [-0.2, -0.15) is 0 Å². The molecule has 6 nitrogen and oxygen atoms in total. The van der Waals surface area contributed by atoms with Gasteiger partial charge in [0, 0.05) is 50.2 Å². The van der Waals surface area contributed by atoms with Gasteiger partial charge in [-0.05, 0) is 32.6 Å². The van der Waals surface area contributed by atoms with Crippen LogP contribution in [0, 0.1) is 0 Å². The molecule has 1 aliphatic heterocycles. The number of aromatic nitrogens is 1. The first-order valence-electron chi connectivity index (χ1n) is 9.12. The van der Waals surface area contributed by atoms with Crippen molar-refractivity contribution in [2.24, 2.45) is 4.99 Å². The van der Waals surface area contributed by atoms with Crippen molar-refractivity contribution in [2.75, 3.05) is 45.2 Å². The van der Waals surface area contributed by atoms with Crippen LogP contribution < -0.4 is 10.6 Å². The van der Waals surface area contributed by atoms with Gasteiger partial charge in [0.25, 0.3) is 0 Å². The predicted molar refractivity (Wildman–Crippen MR) is 121 cm³/mol. The Hall–Kier alpha value is -0.100. The molecule has 1 saturated heterocycles. The predicted octanol–water partition coefficient (Wildman–Crippen LogP) is 3.38. The van der Waals surface area contributed by atoms with Gasteiger partial charge in [-0.1, -0.05) is 11.8 Å². The molecule has 0 amide bonds. The van der Waals surface area contributed by atoms with Gasteiger partial charge in [-0.15, -0.1) is 35.3 Å². The Labute approximate surface area is 182 Å². The van der Waals surface area contributed by atoms with Crippen molar-refractivity contribution in [3.8, 4) is 0 Å². The van der Waals surface area contributed by atoms with Crippen molar-refractivity contribution < 1.29 is 9.47 Å². The van der Waals surface area contributed by atoms with Crippen molar-refractivity contribution in [3.05, 3.63) is 11.6 Å². The van der Waals surface area contributed by atoms with Gasteiger partial charge < -0.3 is 20.1 Å². The molecule has 1 aliphatic rings. The van der Waals surface area contributed by atoms with E-state index in [9.17, 15) is 0 Å². The third-order valence-corrected chi connectivity index (χ3v) is 5.69. The Morgan fingerprint density at radius 2 is 2.38 bits per heavy atom. The van der Waals surface area contributed by atoms with E-state index >= 15 is 0 Å². The van der Waals surface area contributed by atoms with Gasteiger partial charge in [0.05, 0.1) is 12.7 Å². The number of nitrogens with one attached hydrogen (secondary N) is 2. The van der Waals surface area contributed by atoms with Gasteiger partial charge in [0.15, 0.2) is 5.96 Å². The van der Waals surface area contributed by atoms with Crippen LogP contribution in [0.5, 0.6) is 0 Å². The van der Waals surface area contributed by atoms with Crippen LogP contribution in [0.1, 0.15) is 32.6 Å². The first-order valence-corrected chi connectivity index (χ1v) is 11.0. The average Bonchev–Trinajstić information content (AvgIpc) is 3.31. The molecule has 26 heavy (non-hydrogen) atoms. The maximum Gasteiger partial charge on any atom is 0.191 e. The molecule has 0 saturated carbocycles. The van der Waals surface area contributed by atoms with Crippen LogP contribution in [-0.4, -0.2) is 62.3 Å². The molecule has 1 atom stereocenters. The van der Waals surface area contributed by atoms with E-state index in [1.165, 1.54) is 6.42 Å². The molecule has 1 aromatic rings. The van der Waals surface area contributed by atoms with E-state index in [4.69, 9.17) is 9.47 Å². The van der Waals surface area contributed by atoms with Crippen LogP contribution in [-0.2, 0) is 9.47 Å². The second kappa shape index (κ2) is 15.9. The minimum Gasteiger partial charge on any atom is -0.379 e. The van der Waals surface area contributed by atoms with Crippen LogP contribution in [0.4, 0.5) is 0 Å². The van der Waals surface area contributed by atoms with Gasteiger partial charge in [0.1, 0.15) is 4.34 Å². The lowest BCUT2D eigenvalue weighted by atomic mass is 10.2. The van der Waals surface area contributed by atoms with E-state index in [-0.39, 0.29) is 24.0 Å². The molecule has 9 heteroatoms. The summed E-state index contributed by atoms with van der Waals surface area (Å²) in [5.41, 5.74) is 0. The van der Waals surface area contributed by atoms with Crippen LogP contribution in [0.3, 0.4) is 0 Å². The monoisotopic (exact) mass is 514 g/mol. The Balaban J connectivity index is 0.00000338. The third kappa shape index (κ3) is 10.9. The first kappa shape index (κ1) is 23.9. The zero-order valence-corrected chi connectivity index (χ0v) is 19.4.